The van der Waals surface area contributed by atoms with Crippen LogP contribution in [0.1, 0.15) is 23.5 Å². The Balaban J connectivity index is 2.63. The molecule has 0 fully saturated rings. The van der Waals surface area contributed by atoms with Gasteiger partial charge in [0.1, 0.15) is 5.01 Å². The summed E-state index contributed by atoms with van der Waals surface area (Å²) in [5.74, 6) is 1.42. The molecule has 1 atom stereocenters. The largest absolute Gasteiger partial charge is 0.330 e. The number of hydrogen-bond acceptors (Lipinski definition) is 4. The van der Waals surface area contributed by atoms with Crippen molar-refractivity contribution in [2.45, 2.75) is 18.6 Å². The van der Waals surface area contributed by atoms with E-state index in [0.29, 0.717) is 12.5 Å². The lowest BCUT2D eigenvalue weighted by molar-refractivity contribution is 0.749. The smallest absolute Gasteiger partial charge is 0.103 e. The summed E-state index contributed by atoms with van der Waals surface area (Å²) in [6.45, 7) is 2.79. The molecule has 1 aromatic rings. The van der Waals surface area contributed by atoms with Crippen LogP contribution >= 0.6 is 23.1 Å². The number of nitrogens with two attached hydrogens (primary N) is 1. The van der Waals surface area contributed by atoms with Gasteiger partial charge in [0.15, 0.2) is 0 Å². The number of nitrogens with zero attached hydrogens (tertiary/aromatic N) is 1. The van der Waals surface area contributed by atoms with Crippen LogP contribution in [0.2, 0.25) is 0 Å². The summed E-state index contributed by atoms with van der Waals surface area (Å²) >= 11 is 3.53. The van der Waals surface area contributed by atoms with Gasteiger partial charge in [-0.15, -0.1) is 11.3 Å². The lowest BCUT2D eigenvalue weighted by Gasteiger charge is -2.02. The second kappa shape index (κ2) is 4.84. The molecule has 0 saturated carbocycles. The minimum Gasteiger partial charge on any atom is -0.330 e. The number of thiazole rings is 1. The first-order valence-electron chi connectivity index (χ1n) is 3.91. The zero-order valence-corrected chi connectivity index (χ0v) is 9.04. The van der Waals surface area contributed by atoms with E-state index in [9.17, 15) is 0 Å². The third-order valence-electron chi connectivity index (χ3n) is 1.70. The molecule has 0 spiro atoms. The molecule has 1 rings (SSSR count). The van der Waals surface area contributed by atoms with E-state index in [0.717, 1.165) is 11.4 Å². The lowest BCUT2D eigenvalue weighted by Crippen LogP contribution is -2.09. The highest BCUT2D eigenvalue weighted by atomic mass is 32.2. The van der Waals surface area contributed by atoms with E-state index in [4.69, 9.17) is 5.73 Å². The maximum Gasteiger partial charge on any atom is 0.103 e. The van der Waals surface area contributed by atoms with Gasteiger partial charge in [-0.2, -0.15) is 11.8 Å². The zero-order chi connectivity index (χ0) is 8.97. The zero-order valence-electron chi connectivity index (χ0n) is 7.41. The highest BCUT2D eigenvalue weighted by Gasteiger charge is 2.07. The van der Waals surface area contributed by atoms with Gasteiger partial charge in [-0.3, -0.25) is 0 Å². The normalized spacial score (nSPS) is 13.2. The second-order valence-electron chi connectivity index (χ2n) is 2.74. The third-order valence-corrected chi connectivity index (χ3v) is 3.31. The predicted octanol–water partition coefficient (Wildman–Crippen LogP) is 2.07. The molecule has 0 amide bonds. The van der Waals surface area contributed by atoms with Crippen molar-refractivity contribution in [1.29, 1.82) is 0 Å². The topological polar surface area (TPSA) is 38.9 Å². The summed E-state index contributed by atoms with van der Waals surface area (Å²) in [5, 5.41) is 3.32. The Morgan fingerprint density at radius 1 is 1.75 bits per heavy atom. The van der Waals surface area contributed by atoms with E-state index >= 15 is 0 Å². The molecule has 68 valence electrons. The van der Waals surface area contributed by atoms with Crippen LogP contribution in [0, 0.1) is 0 Å². The first-order chi connectivity index (χ1) is 5.77. The maximum absolute atomic E-state index is 5.55. The molecule has 0 radical (unpaired) electrons. The van der Waals surface area contributed by atoms with Gasteiger partial charge in [0.05, 0.1) is 5.69 Å². The van der Waals surface area contributed by atoms with E-state index in [1.165, 1.54) is 5.01 Å². The quantitative estimate of drug-likeness (QED) is 0.812. The minimum atomic E-state index is 0.400. The van der Waals surface area contributed by atoms with Gasteiger partial charge in [-0.05, 0) is 6.26 Å². The van der Waals surface area contributed by atoms with Crippen LogP contribution < -0.4 is 5.73 Å². The van der Waals surface area contributed by atoms with Crippen LogP contribution in [-0.2, 0) is 5.75 Å². The van der Waals surface area contributed by atoms with Gasteiger partial charge in [0.2, 0.25) is 0 Å². The van der Waals surface area contributed by atoms with Gasteiger partial charge in [0, 0.05) is 23.6 Å². The van der Waals surface area contributed by atoms with Crippen molar-refractivity contribution in [2.24, 2.45) is 5.73 Å². The molecule has 0 aliphatic rings. The van der Waals surface area contributed by atoms with Crippen molar-refractivity contribution in [3.8, 4) is 0 Å². The molecular formula is C8H14N2S2. The molecular weight excluding hydrogens is 188 g/mol. The summed E-state index contributed by atoms with van der Waals surface area (Å²) in [6.07, 6.45) is 2.09. The van der Waals surface area contributed by atoms with Crippen molar-refractivity contribution in [3.05, 3.63) is 16.1 Å². The Bertz CT molecular complexity index is 235. The van der Waals surface area contributed by atoms with Crippen LogP contribution in [0.3, 0.4) is 0 Å². The van der Waals surface area contributed by atoms with Crippen LogP contribution in [0.25, 0.3) is 0 Å². The molecule has 0 aliphatic heterocycles. The average molecular weight is 202 g/mol. The van der Waals surface area contributed by atoms with Crippen molar-refractivity contribution in [1.82, 2.24) is 4.98 Å². The fraction of sp³-hybridized carbons (Fsp3) is 0.625. The molecule has 4 heteroatoms. The molecule has 1 heterocycles. The highest BCUT2D eigenvalue weighted by Crippen LogP contribution is 2.19. The van der Waals surface area contributed by atoms with Crippen LogP contribution in [0.15, 0.2) is 5.38 Å². The highest BCUT2D eigenvalue weighted by molar-refractivity contribution is 7.97. The van der Waals surface area contributed by atoms with Crippen molar-refractivity contribution < 1.29 is 0 Å². The van der Waals surface area contributed by atoms with Crippen molar-refractivity contribution >= 4 is 23.1 Å². The van der Waals surface area contributed by atoms with E-state index in [2.05, 4.69) is 23.5 Å². The van der Waals surface area contributed by atoms with Crippen LogP contribution in [0.5, 0.6) is 0 Å². The Morgan fingerprint density at radius 2 is 2.50 bits per heavy atom. The standard InChI is InChI=1S/C8H14N2S2/c1-6(3-9)7-4-12-8(10-7)5-11-2/h4,6H,3,5,9H2,1-2H3. The maximum atomic E-state index is 5.55. The number of hydrogen-bond donors (Lipinski definition) is 1. The SMILES string of the molecule is CSCc1nc(C(C)CN)cs1. The Morgan fingerprint density at radius 3 is 3.08 bits per heavy atom. The average Bonchev–Trinajstić information content (AvgIpc) is 2.52. The van der Waals surface area contributed by atoms with E-state index in [1.807, 2.05) is 0 Å². The van der Waals surface area contributed by atoms with Gasteiger partial charge in [-0.25, -0.2) is 4.98 Å². The minimum absolute atomic E-state index is 0.400. The fourth-order valence-corrected chi connectivity index (χ4v) is 2.50. The van der Waals surface area contributed by atoms with Gasteiger partial charge >= 0.3 is 0 Å². The van der Waals surface area contributed by atoms with E-state index in [-0.39, 0.29) is 0 Å². The first-order valence-corrected chi connectivity index (χ1v) is 6.18. The van der Waals surface area contributed by atoms with Crippen LogP contribution in [-0.4, -0.2) is 17.8 Å². The molecule has 0 aliphatic carbocycles. The summed E-state index contributed by atoms with van der Waals surface area (Å²) in [4.78, 5) is 4.49. The van der Waals surface area contributed by atoms with Gasteiger partial charge in [-0.1, -0.05) is 6.92 Å². The van der Waals surface area contributed by atoms with Gasteiger partial charge < -0.3 is 5.73 Å². The van der Waals surface area contributed by atoms with Gasteiger partial charge in [0.25, 0.3) is 0 Å². The molecule has 1 unspecified atom stereocenters. The number of rotatable bonds is 4. The monoisotopic (exact) mass is 202 g/mol. The van der Waals surface area contributed by atoms with E-state index < -0.39 is 0 Å². The Kier molecular flexibility index (Phi) is 4.05. The first kappa shape index (κ1) is 10.0. The Labute approximate surface area is 81.6 Å². The Hall–Kier alpha value is -0.0600. The van der Waals surface area contributed by atoms with Crippen LogP contribution in [0.4, 0.5) is 0 Å². The second-order valence-corrected chi connectivity index (χ2v) is 4.54. The summed E-state index contributed by atoms with van der Waals surface area (Å²) in [7, 11) is 0. The molecule has 0 aromatic carbocycles. The molecule has 12 heavy (non-hydrogen) atoms. The molecule has 2 nitrogen and oxygen atoms in total. The number of aromatic nitrogens is 1. The van der Waals surface area contributed by atoms with Crippen molar-refractivity contribution in [3.63, 3.8) is 0 Å². The fourth-order valence-electron chi connectivity index (χ4n) is 0.862. The van der Waals surface area contributed by atoms with Crippen molar-refractivity contribution in [2.75, 3.05) is 12.8 Å². The lowest BCUT2D eigenvalue weighted by atomic mass is 10.1. The number of thioether (sulfide) groups is 1. The molecule has 2 N–H and O–H groups in total. The van der Waals surface area contributed by atoms with E-state index in [1.54, 1.807) is 23.1 Å². The molecule has 1 aromatic heterocycles. The third kappa shape index (κ3) is 2.47. The molecule has 0 bridgehead atoms. The predicted molar refractivity (Wildman–Crippen MR) is 56.8 cm³/mol. The summed E-state index contributed by atoms with van der Waals surface area (Å²) in [5.41, 5.74) is 6.69. The molecule has 0 saturated heterocycles. The summed E-state index contributed by atoms with van der Waals surface area (Å²) < 4.78 is 0. The summed E-state index contributed by atoms with van der Waals surface area (Å²) in [6, 6.07) is 0.